The zero-order valence-electron chi connectivity index (χ0n) is 35.5. The molecule has 0 fully saturated rings. The molecule has 0 saturated carbocycles. The van der Waals surface area contributed by atoms with E-state index in [0.717, 1.165) is 38.8 Å². The number of nitrogens with zero attached hydrogens (tertiary/aromatic N) is 4. The fourth-order valence-electron chi connectivity index (χ4n) is 8.25. The number of hydrogen-bond donors (Lipinski definition) is 0. The lowest BCUT2D eigenvalue weighted by Crippen LogP contribution is -2.39. The van der Waals surface area contributed by atoms with E-state index in [-0.39, 0.29) is 0 Å². The largest absolute Gasteiger partial charge is 0.378 e. The molecule has 2 heterocycles. The highest BCUT2D eigenvalue weighted by atomic mass is 15.1. The SMILES string of the molecule is CN(C)c1ccc(-c2cc(-c3ccccc3)[n+](CCCCCC[n+]3c(-c4ccccc4)cc(-c4ccc(N(C)C)cc4)cc3-c3ccccc3)c(-c3ccccc3)c2)cc1. The molecule has 8 aromatic rings. The molecule has 0 amide bonds. The van der Waals surface area contributed by atoms with E-state index in [1.165, 1.54) is 78.7 Å². The molecule has 0 spiro atoms. The highest BCUT2D eigenvalue weighted by molar-refractivity contribution is 5.76. The van der Waals surface area contributed by atoms with E-state index >= 15 is 0 Å². The molecule has 6 aromatic carbocycles. The first-order chi connectivity index (χ1) is 29.4. The Labute approximate surface area is 357 Å². The molecule has 0 radical (unpaired) electrons. The first kappa shape index (κ1) is 40.0. The monoisotopic (exact) mass is 784 g/mol. The molecular weight excluding hydrogens is 729 g/mol. The molecule has 0 aliphatic rings. The van der Waals surface area contributed by atoms with E-state index in [1.54, 1.807) is 0 Å². The number of benzene rings is 6. The summed E-state index contributed by atoms with van der Waals surface area (Å²) in [6, 6.07) is 71.0. The van der Waals surface area contributed by atoms with Crippen LogP contribution in [0.5, 0.6) is 0 Å². The minimum Gasteiger partial charge on any atom is -0.378 e. The van der Waals surface area contributed by atoms with Crippen molar-refractivity contribution in [2.45, 2.75) is 38.8 Å². The predicted octanol–water partition coefficient (Wildman–Crippen LogP) is 12.7. The van der Waals surface area contributed by atoms with Gasteiger partial charge < -0.3 is 9.80 Å². The van der Waals surface area contributed by atoms with Crippen molar-refractivity contribution in [3.8, 4) is 67.3 Å². The summed E-state index contributed by atoms with van der Waals surface area (Å²) in [7, 11) is 8.37. The Bertz CT molecular complexity index is 2290. The van der Waals surface area contributed by atoms with Crippen LogP contribution >= 0.6 is 0 Å². The summed E-state index contributed by atoms with van der Waals surface area (Å²) in [6.45, 7) is 1.88. The second kappa shape index (κ2) is 18.9. The lowest BCUT2D eigenvalue weighted by atomic mass is 9.98. The van der Waals surface area contributed by atoms with Crippen molar-refractivity contribution >= 4 is 11.4 Å². The number of rotatable bonds is 15. The molecule has 60 heavy (non-hydrogen) atoms. The molecule has 0 unspecified atom stereocenters. The van der Waals surface area contributed by atoms with E-state index in [2.05, 4.69) is 241 Å². The summed E-state index contributed by atoms with van der Waals surface area (Å²) in [4.78, 5) is 4.30. The Hall–Kier alpha value is -6.78. The summed E-state index contributed by atoms with van der Waals surface area (Å²) in [5.74, 6) is 0. The summed E-state index contributed by atoms with van der Waals surface area (Å²) >= 11 is 0. The van der Waals surface area contributed by atoms with E-state index in [0.29, 0.717) is 0 Å². The van der Waals surface area contributed by atoms with Crippen molar-refractivity contribution in [1.82, 2.24) is 0 Å². The Kier molecular flexibility index (Phi) is 12.6. The van der Waals surface area contributed by atoms with E-state index in [1.807, 2.05) is 0 Å². The van der Waals surface area contributed by atoms with Crippen LogP contribution in [0.4, 0.5) is 11.4 Å². The lowest BCUT2D eigenvalue weighted by Gasteiger charge is -2.15. The quantitative estimate of drug-likeness (QED) is 0.0759. The van der Waals surface area contributed by atoms with E-state index in [9.17, 15) is 0 Å². The highest BCUT2D eigenvalue weighted by Crippen LogP contribution is 2.32. The minimum absolute atomic E-state index is 0.938. The van der Waals surface area contributed by atoms with Gasteiger partial charge in [0.05, 0.1) is 0 Å². The van der Waals surface area contributed by atoms with Crippen LogP contribution in [0.15, 0.2) is 194 Å². The van der Waals surface area contributed by atoms with Gasteiger partial charge in [-0.15, -0.1) is 0 Å². The standard InChI is InChI=1S/C56H56N4/c1-57(2)51-33-29-43(30-34-51)49-39-53(45-21-11-7-12-22-45)59(54(40-49)46-23-13-8-14-24-46)37-19-5-6-20-38-60-55(47-25-15-9-16-26-47)41-50(42-56(60)48-27-17-10-18-28-48)44-31-35-52(36-32-44)58(3)4/h7-18,21-36,39-42H,5-6,19-20,37-38H2,1-4H3/q+2. The van der Waals surface area contributed by atoms with Gasteiger partial charge in [-0.25, -0.2) is 0 Å². The maximum Gasteiger partial charge on any atom is 0.213 e. The molecule has 2 aromatic heterocycles. The van der Waals surface area contributed by atoms with Gasteiger partial charge >= 0.3 is 0 Å². The van der Waals surface area contributed by atoms with Crippen molar-refractivity contribution < 1.29 is 9.13 Å². The van der Waals surface area contributed by atoms with Crippen LogP contribution < -0.4 is 18.9 Å². The Morgan fingerprint density at radius 2 is 0.550 bits per heavy atom. The average molecular weight is 785 g/mol. The van der Waals surface area contributed by atoms with Crippen LogP contribution in [0.2, 0.25) is 0 Å². The molecular formula is C56H56N4+2. The average Bonchev–Trinajstić information content (AvgIpc) is 3.31. The van der Waals surface area contributed by atoms with Gasteiger partial charge in [-0.1, -0.05) is 97.1 Å². The number of aromatic nitrogens is 2. The summed E-state index contributed by atoms with van der Waals surface area (Å²) < 4.78 is 5.11. The number of hydrogen-bond acceptors (Lipinski definition) is 2. The first-order valence-electron chi connectivity index (χ1n) is 21.4. The van der Waals surface area contributed by atoms with Crippen LogP contribution in [0, 0.1) is 0 Å². The number of unbranched alkanes of at least 4 members (excludes halogenated alkanes) is 3. The topological polar surface area (TPSA) is 14.2 Å². The van der Waals surface area contributed by atoms with Crippen molar-refractivity contribution in [2.75, 3.05) is 38.0 Å². The van der Waals surface area contributed by atoms with E-state index < -0.39 is 0 Å². The molecule has 0 aliphatic carbocycles. The molecule has 0 atom stereocenters. The van der Waals surface area contributed by atoms with Crippen molar-refractivity contribution in [1.29, 1.82) is 0 Å². The molecule has 0 aliphatic heterocycles. The number of anilines is 2. The number of pyridine rings is 2. The van der Waals surface area contributed by atoms with Gasteiger partial charge in [0.2, 0.25) is 22.8 Å². The second-order valence-corrected chi connectivity index (χ2v) is 16.1. The smallest absolute Gasteiger partial charge is 0.213 e. The van der Waals surface area contributed by atoms with Crippen LogP contribution in [-0.4, -0.2) is 28.2 Å². The van der Waals surface area contributed by atoms with Crippen LogP contribution in [0.25, 0.3) is 67.3 Å². The maximum absolute atomic E-state index is 2.56. The molecule has 0 bridgehead atoms. The summed E-state index contributed by atoms with van der Waals surface area (Å²) in [5, 5.41) is 0. The third-order valence-electron chi connectivity index (χ3n) is 11.6. The van der Waals surface area contributed by atoms with Crippen molar-refractivity contribution in [3.05, 3.63) is 194 Å². The van der Waals surface area contributed by atoms with Crippen LogP contribution in [0.1, 0.15) is 25.7 Å². The fourth-order valence-corrected chi connectivity index (χ4v) is 8.25. The van der Waals surface area contributed by atoms with E-state index in [4.69, 9.17) is 0 Å². The van der Waals surface area contributed by atoms with Gasteiger partial charge in [-0.2, -0.15) is 9.13 Å². The third kappa shape index (κ3) is 9.24. The first-order valence-corrected chi connectivity index (χ1v) is 21.4. The van der Waals surface area contributed by atoms with Gasteiger partial charge in [-0.05, 0) is 108 Å². The van der Waals surface area contributed by atoms with Gasteiger partial charge in [0.25, 0.3) is 0 Å². The molecule has 298 valence electrons. The van der Waals surface area contributed by atoms with Crippen molar-refractivity contribution in [3.63, 3.8) is 0 Å². The van der Waals surface area contributed by atoms with Gasteiger partial charge in [0.1, 0.15) is 13.1 Å². The third-order valence-corrected chi connectivity index (χ3v) is 11.6. The summed E-state index contributed by atoms with van der Waals surface area (Å²) in [6.07, 6.45) is 4.46. The Morgan fingerprint density at radius 1 is 0.283 bits per heavy atom. The lowest BCUT2D eigenvalue weighted by molar-refractivity contribution is -0.677. The van der Waals surface area contributed by atoms with Gasteiger partial charge in [-0.3, -0.25) is 0 Å². The molecule has 0 saturated heterocycles. The summed E-state index contributed by atoms with van der Waals surface area (Å²) in [5.41, 5.74) is 17.2. The normalized spacial score (nSPS) is 11.1. The Morgan fingerprint density at radius 3 is 0.800 bits per heavy atom. The fraction of sp³-hybridized carbons (Fsp3) is 0.179. The molecule has 0 N–H and O–H groups in total. The van der Waals surface area contributed by atoms with Crippen LogP contribution in [-0.2, 0) is 13.1 Å². The molecule has 4 heteroatoms. The highest BCUT2D eigenvalue weighted by Gasteiger charge is 2.24. The zero-order valence-corrected chi connectivity index (χ0v) is 35.5. The Balaban J connectivity index is 1.08. The zero-order chi connectivity index (χ0) is 41.3. The van der Waals surface area contributed by atoms with Gasteiger partial charge in [0, 0.05) is 98.9 Å². The van der Waals surface area contributed by atoms with Gasteiger partial charge in [0.15, 0.2) is 0 Å². The second-order valence-electron chi connectivity index (χ2n) is 16.1. The minimum atomic E-state index is 0.938. The predicted molar refractivity (Wildman–Crippen MR) is 253 cm³/mol. The maximum atomic E-state index is 2.56. The van der Waals surface area contributed by atoms with Crippen LogP contribution in [0.3, 0.4) is 0 Å². The molecule has 4 nitrogen and oxygen atoms in total. The van der Waals surface area contributed by atoms with Crippen molar-refractivity contribution in [2.24, 2.45) is 0 Å². The molecule has 8 rings (SSSR count).